The summed E-state index contributed by atoms with van der Waals surface area (Å²) < 4.78 is 3.71. The highest BCUT2D eigenvalue weighted by Crippen LogP contribution is 1.71. The Kier molecular flexibility index (Phi) is 0.624. The first kappa shape index (κ1) is 2.78. The Morgan fingerprint density at radius 1 is 1.80 bits per heavy atom. The number of nitrogens with zero attached hydrogens (tertiary/aromatic N) is 1. The van der Waals surface area contributed by atoms with E-state index in [4.69, 9.17) is 0 Å². The van der Waals surface area contributed by atoms with E-state index in [2.05, 4.69) is 9.36 Å². The minimum atomic E-state index is 1.41. The molecule has 1 heterocycles. The highest BCUT2D eigenvalue weighted by molar-refractivity contribution is 7.02. The van der Waals surface area contributed by atoms with Crippen LogP contribution < -0.4 is 4.98 Å². The van der Waals surface area contributed by atoms with Gasteiger partial charge in [-0.3, -0.25) is 0 Å². The largest absolute Gasteiger partial charge is 0.299 e. The van der Waals surface area contributed by atoms with E-state index in [0.717, 1.165) is 0 Å². The Hall–Kier alpha value is -0.440. The van der Waals surface area contributed by atoms with Gasteiger partial charge in [0.05, 0.1) is 0 Å². The molecule has 0 saturated heterocycles. The van der Waals surface area contributed by atoms with Crippen LogP contribution in [0.4, 0.5) is 0 Å². The molecule has 26 valence electrons. The van der Waals surface area contributed by atoms with Gasteiger partial charge in [0, 0.05) is 4.37 Å². The smallest absolute Gasteiger partial charge is 0.237 e. The normalized spacial score (nSPS) is 8.00. The third-order valence-corrected chi connectivity index (χ3v) is 0.777. The molecule has 0 aromatic carbocycles. The molecule has 1 N–H and O–H groups in total. The zero-order valence-electron chi connectivity index (χ0n) is 2.51. The average Bonchev–Trinajstić information content (AvgIpc) is 1.76. The van der Waals surface area contributed by atoms with Gasteiger partial charge in [-0.05, 0) is 0 Å². The zero-order valence-corrected chi connectivity index (χ0v) is 3.33. The Labute approximate surface area is 33.7 Å². The number of nitrogens with one attached hydrogen (secondary N) is 1. The number of hydrogen-bond acceptors (Lipinski definition) is 2. The molecular weight excluding hydrogens is 84.1 g/mol. The second-order valence-corrected chi connectivity index (χ2v) is 1.28. The first-order valence-corrected chi connectivity index (χ1v) is 2.09. The predicted octanol–water partition coefficient (Wildman–Crippen LogP) is -0.0428. The van der Waals surface area contributed by atoms with Crippen LogP contribution in [0.5, 0.6) is 0 Å². The molecule has 1 aromatic heterocycles. The topological polar surface area (TPSA) is 27.0 Å². The number of H-pyrrole nitrogens is 1. The lowest BCUT2D eigenvalue weighted by molar-refractivity contribution is -0.373. The third-order valence-electron chi connectivity index (χ3n) is 0.309. The standard InChI is InChI=1S/C2H2N2S/c1-3-2-5-4-1/h1-2H/p+1. The molecule has 1 aromatic rings. The van der Waals surface area contributed by atoms with Gasteiger partial charge in [0.1, 0.15) is 11.5 Å². The summed E-state index contributed by atoms with van der Waals surface area (Å²) in [5.74, 6) is 0. The first-order valence-electron chi connectivity index (χ1n) is 1.25. The monoisotopic (exact) mass is 87.0 g/mol. The van der Waals surface area contributed by atoms with Crippen molar-refractivity contribution in [1.29, 1.82) is 0 Å². The van der Waals surface area contributed by atoms with Gasteiger partial charge in [0.2, 0.25) is 0 Å². The lowest BCUT2D eigenvalue weighted by Crippen LogP contribution is -1.87. The van der Waals surface area contributed by atoms with Crippen molar-refractivity contribution >= 4 is 11.5 Å². The molecule has 3 heteroatoms. The van der Waals surface area contributed by atoms with E-state index in [1.807, 2.05) is 0 Å². The van der Waals surface area contributed by atoms with Crippen molar-refractivity contribution in [2.24, 2.45) is 0 Å². The highest BCUT2D eigenvalue weighted by Gasteiger charge is 1.73. The van der Waals surface area contributed by atoms with Crippen LogP contribution in [0.1, 0.15) is 0 Å². The van der Waals surface area contributed by atoms with Crippen molar-refractivity contribution in [2.75, 3.05) is 0 Å². The molecule has 1 rings (SSSR count). The zero-order chi connectivity index (χ0) is 3.54. The summed E-state index contributed by atoms with van der Waals surface area (Å²) in [5.41, 5.74) is 1.81. The Balaban J connectivity index is 3.13. The van der Waals surface area contributed by atoms with Crippen LogP contribution in [-0.4, -0.2) is 4.37 Å². The maximum atomic E-state index is 3.71. The lowest BCUT2D eigenvalue weighted by atomic mass is 11.4. The van der Waals surface area contributed by atoms with Gasteiger partial charge >= 0.3 is 0 Å². The van der Waals surface area contributed by atoms with Gasteiger partial charge in [0.25, 0.3) is 6.33 Å². The molecular formula is C2H3N2S+. The molecule has 0 aliphatic heterocycles. The lowest BCUT2D eigenvalue weighted by Gasteiger charge is -1.31. The number of aromatic nitrogens is 2. The fraction of sp³-hybridized carbons (Fsp3) is 0. The van der Waals surface area contributed by atoms with E-state index in [1.54, 1.807) is 11.8 Å². The van der Waals surface area contributed by atoms with Gasteiger partial charge in [-0.15, -0.1) is 0 Å². The second kappa shape index (κ2) is 1.12. The van der Waals surface area contributed by atoms with E-state index < -0.39 is 0 Å². The van der Waals surface area contributed by atoms with Crippen molar-refractivity contribution in [3.8, 4) is 0 Å². The molecule has 0 spiro atoms. The van der Waals surface area contributed by atoms with Crippen LogP contribution in [-0.2, 0) is 0 Å². The van der Waals surface area contributed by atoms with E-state index in [9.17, 15) is 0 Å². The Morgan fingerprint density at radius 3 is 3.00 bits per heavy atom. The maximum absolute atomic E-state index is 3.71. The summed E-state index contributed by atoms with van der Waals surface area (Å²) in [6.45, 7) is 0. The maximum Gasteiger partial charge on any atom is 0.299 e. The van der Waals surface area contributed by atoms with Crippen LogP contribution >= 0.6 is 11.5 Å². The van der Waals surface area contributed by atoms with E-state index in [0.29, 0.717) is 0 Å². The molecule has 0 bridgehead atoms. The van der Waals surface area contributed by atoms with Crippen molar-refractivity contribution in [2.45, 2.75) is 0 Å². The molecule has 0 fully saturated rings. The number of hydrogen-bond donors (Lipinski definition) is 0. The van der Waals surface area contributed by atoms with Gasteiger partial charge in [-0.25, -0.2) is 4.98 Å². The van der Waals surface area contributed by atoms with Crippen LogP contribution in [0.2, 0.25) is 0 Å². The molecule has 0 unspecified atom stereocenters. The predicted molar refractivity (Wildman–Crippen MR) is 18.7 cm³/mol. The summed E-state index contributed by atoms with van der Waals surface area (Å²) in [6, 6.07) is 0. The summed E-state index contributed by atoms with van der Waals surface area (Å²) in [6.07, 6.45) is 1.64. The summed E-state index contributed by atoms with van der Waals surface area (Å²) >= 11 is 1.41. The fourth-order valence-corrected chi connectivity index (χ4v) is 0.456. The molecule has 0 aliphatic carbocycles. The van der Waals surface area contributed by atoms with Gasteiger partial charge in [-0.2, -0.15) is 0 Å². The molecule has 0 aliphatic rings. The van der Waals surface area contributed by atoms with Crippen molar-refractivity contribution in [3.63, 3.8) is 0 Å². The van der Waals surface area contributed by atoms with Crippen LogP contribution in [0.25, 0.3) is 0 Å². The minimum Gasteiger partial charge on any atom is -0.237 e. The summed E-state index contributed by atoms with van der Waals surface area (Å²) in [7, 11) is 0. The Bertz CT molecular complexity index is 64.1. The SMILES string of the molecule is c1nsc[nH+]1. The minimum absolute atomic E-state index is 1.41. The Morgan fingerprint density at radius 2 is 2.80 bits per heavy atom. The number of aromatic amines is 1. The molecule has 0 radical (unpaired) electrons. The molecule has 0 atom stereocenters. The highest BCUT2D eigenvalue weighted by atomic mass is 32.1. The van der Waals surface area contributed by atoms with E-state index in [-0.39, 0.29) is 0 Å². The van der Waals surface area contributed by atoms with Crippen LogP contribution in [0.3, 0.4) is 0 Å². The van der Waals surface area contributed by atoms with Crippen molar-refractivity contribution in [3.05, 3.63) is 11.8 Å². The molecule has 5 heavy (non-hydrogen) atoms. The molecule has 0 saturated carbocycles. The van der Waals surface area contributed by atoms with Gasteiger partial charge in [-0.1, -0.05) is 0 Å². The second-order valence-electron chi connectivity index (χ2n) is 0.624. The number of rotatable bonds is 0. The van der Waals surface area contributed by atoms with Crippen molar-refractivity contribution in [1.82, 2.24) is 4.37 Å². The van der Waals surface area contributed by atoms with E-state index >= 15 is 0 Å². The van der Waals surface area contributed by atoms with Crippen LogP contribution in [0, 0.1) is 0 Å². The summed E-state index contributed by atoms with van der Waals surface area (Å²) in [4.78, 5) is 2.77. The molecule has 0 amide bonds. The van der Waals surface area contributed by atoms with Gasteiger partial charge in [0.15, 0.2) is 5.51 Å². The first-order chi connectivity index (χ1) is 2.50. The van der Waals surface area contributed by atoms with Crippen molar-refractivity contribution < 1.29 is 4.98 Å². The fourth-order valence-electron chi connectivity index (χ4n) is 0.152. The summed E-state index contributed by atoms with van der Waals surface area (Å²) in [5, 5.41) is 0. The van der Waals surface area contributed by atoms with Crippen LogP contribution in [0.15, 0.2) is 11.8 Å². The van der Waals surface area contributed by atoms with Gasteiger partial charge < -0.3 is 0 Å². The van der Waals surface area contributed by atoms with E-state index in [1.165, 1.54) is 11.5 Å². The molecule has 2 nitrogen and oxygen atoms in total. The quantitative estimate of drug-likeness (QED) is 0.436. The average molecular weight is 87.1 g/mol. The third kappa shape index (κ3) is 0.417.